The molecule has 1 aromatic carbocycles. The molecular weight excluding hydrogens is 324 g/mol. The lowest BCUT2D eigenvalue weighted by atomic mass is 9.77. The molecule has 0 aromatic heterocycles. The number of carbonyl (C=O) groups is 1. The molecule has 7 nitrogen and oxygen atoms in total. The number of methoxy groups -OCH3 is 1. The summed E-state index contributed by atoms with van der Waals surface area (Å²) in [6.45, 7) is 2.87. The summed E-state index contributed by atoms with van der Waals surface area (Å²) in [5.74, 6) is 0.738. The van der Waals surface area contributed by atoms with E-state index in [-0.39, 0.29) is 12.6 Å². The maximum absolute atomic E-state index is 12.4. The van der Waals surface area contributed by atoms with Gasteiger partial charge in [0.15, 0.2) is 0 Å². The lowest BCUT2D eigenvalue weighted by molar-refractivity contribution is -0.221. The van der Waals surface area contributed by atoms with Gasteiger partial charge in [0.25, 0.3) is 0 Å². The Balaban J connectivity index is 1.55. The minimum atomic E-state index is -1.15. The molecule has 3 rings (SSSR count). The Kier molecular flexibility index (Phi) is 4.90. The van der Waals surface area contributed by atoms with Crippen molar-refractivity contribution >= 4 is 11.7 Å². The first-order chi connectivity index (χ1) is 11.8. The van der Waals surface area contributed by atoms with Crippen LogP contribution in [-0.4, -0.2) is 65.3 Å². The van der Waals surface area contributed by atoms with Crippen molar-refractivity contribution in [2.45, 2.75) is 43.5 Å². The maximum atomic E-state index is 12.4. The van der Waals surface area contributed by atoms with E-state index in [1.165, 1.54) is 0 Å². The molecule has 1 spiro atoms. The number of benzene rings is 1. The van der Waals surface area contributed by atoms with E-state index in [1.807, 2.05) is 0 Å². The summed E-state index contributed by atoms with van der Waals surface area (Å²) in [6, 6.07) is 7.03. The highest BCUT2D eigenvalue weighted by Crippen LogP contribution is 2.39. The summed E-state index contributed by atoms with van der Waals surface area (Å²) in [5, 5.41) is 23.1. The highest BCUT2D eigenvalue weighted by atomic mass is 16.5. The van der Waals surface area contributed by atoms with Crippen LogP contribution in [0.2, 0.25) is 0 Å². The first-order valence-electron chi connectivity index (χ1n) is 8.58. The van der Waals surface area contributed by atoms with E-state index >= 15 is 0 Å². The van der Waals surface area contributed by atoms with Gasteiger partial charge in [0.2, 0.25) is 0 Å². The zero-order valence-electron chi connectivity index (χ0n) is 14.7. The van der Waals surface area contributed by atoms with E-state index in [4.69, 9.17) is 9.47 Å². The largest absolute Gasteiger partial charge is 0.497 e. The molecule has 0 radical (unpaired) electrons. The number of nitrogens with one attached hydrogen (secondary N) is 1. The van der Waals surface area contributed by atoms with Crippen LogP contribution >= 0.6 is 0 Å². The molecule has 0 bridgehead atoms. The SMILES string of the molecule is COc1ccc(NC(=O)N2CCC3(CC2)C[C@](C)(O)C(O)CO3)cc1. The number of aliphatic hydroxyl groups excluding tert-OH is 1. The second-order valence-electron chi connectivity index (χ2n) is 7.19. The zero-order valence-corrected chi connectivity index (χ0v) is 14.7. The Bertz CT molecular complexity index is 608. The van der Waals surface area contributed by atoms with Gasteiger partial charge in [0.1, 0.15) is 11.9 Å². The third-order valence-corrected chi connectivity index (χ3v) is 5.25. The van der Waals surface area contributed by atoms with Gasteiger partial charge in [0, 0.05) is 25.2 Å². The predicted molar refractivity (Wildman–Crippen MR) is 92.8 cm³/mol. The quantitative estimate of drug-likeness (QED) is 0.753. The van der Waals surface area contributed by atoms with Crippen molar-refractivity contribution in [3.05, 3.63) is 24.3 Å². The van der Waals surface area contributed by atoms with Gasteiger partial charge in [-0.25, -0.2) is 4.79 Å². The Morgan fingerprint density at radius 1 is 1.32 bits per heavy atom. The molecule has 0 saturated carbocycles. The van der Waals surface area contributed by atoms with Gasteiger partial charge in [-0.05, 0) is 44.0 Å². The summed E-state index contributed by atoms with van der Waals surface area (Å²) in [5.41, 5.74) is -0.892. The molecule has 25 heavy (non-hydrogen) atoms. The fourth-order valence-corrected chi connectivity index (χ4v) is 3.57. The molecule has 2 saturated heterocycles. The fourth-order valence-electron chi connectivity index (χ4n) is 3.57. The molecule has 3 N–H and O–H groups in total. The van der Waals surface area contributed by atoms with Gasteiger partial charge in [-0.1, -0.05) is 0 Å². The third-order valence-electron chi connectivity index (χ3n) is 5.25. The molecule has 2 heterocycles. The number of anilines is 1. The second-order valence-corrected chi connectivity index (χ2v) is 7.19. The van der Waals surface area contributed by atoms with Crippen molar-refractivity contribution in [1.82, 2.24) is 4.90 Å². The van der Waals surface area contributed by atoms with E-state index < -0.39 is 17.3 Å². The molecule has 2 fully saturated rings. The monoisotopic (exact) mass is 350 g/mol. The first kappa shape index (κ1) is 18.0. The van der Waals surface area contributed by atoms with Crippen LogP contribution in [0.3, 0.4) is 0 Å². The van der Waals surface area contributed by atoms with Crippen molar-refractivity contribution in [2.75, 3.05) is 32.1 Å². The van der Waals surface area contributed by atoms with E-state index in [1.54, 1.807) is 43.2 Å². The van der Waals surface area contributed by atoms with Gasteiger partial charge < -0.3 is 29.9 Å². The molecule has 1 aromatic rings. The van der Waals surface area contributed by atoms with Crippen molar-refractivity contribution in [3.63, 3.8) is 0 Å². The van der Waals surface area contributed by atoms with Crippen LogP contribution in [0.5, 0.6) is 5.75 Å². The number of amides is 2. The van der Waals surface area contributed by atoms with Crippen molar-refractivity contribution < 1.29 is 24.5 Å². The number of aliphatic hydroxyl groups is 2. The van der Waals surface area contributed by atoms with Crippen LogP contribution in [0.1, 0.15) is 26.2 Å². The molecule has 7 heteroatoms. The molecule has 1 unspecified atom stereocenters. The zero-order chi connectivity index (χ0) is 18.1. The van der Waals surface area contributed by atoms with Crippen LogP contribution in [0.25, 0.3) is 0 Å². The molecule has 138 valence electrons. The number of rotatable bonds is 2. The Morgan fingerprint density at radius 3 is 2.52 bits per heavy atom. The minimum absolute atomic E-state index is 0.130. The normalized spacial score (nSPS) is 28.6. The summed E-state index contributed by atoms with van der Waals surface area (Å²) in [6.07, 6.45) is 0.807. The van der Waals surface area contributed by atoms with Crippen LogP contribution in [0, 0.1) is 0 Å². The minimum Gasteiger partial charge on any atom is -0.497 e. The van der Waals surface area contributed by atoms with Crippen molar-refractivity contribution in [1.29, 1.82) is 0 Å². The third kappa shape index (κ3) is 3.89. The highest BCUT2D eigenvalue weighted by molar-refractivity contribution is 5.89. The molecular formula is C18H26N2O5. The number of piperidine rings is 1. The van der Waals surface area contributed by atoms with Gasteiger partial charge in [-0.2, -0.15) is 0 Å². The summed E-state index contributed by atoms with van der Waals surface area (Å²) in [4.78, 5) is 14.2. The average Bonchev–Trinajstić information content (AvgIpc) is 2.59. The first-order valence-corrected chi connectivity index (χ1v) is 8.58. The topological polar surface area (TPSA) is 91.3 Å². The van der Waals surface area contributed by atoms with Gasteiger partial charge in [0.05, 0.1) is 24.9 Å². The molecule has 2 amide bonds. The maximum Gasteiger partial charge on any atom is 0.321 e. The molecule has 0 aliphatic carbocycles. The molecule has 2 atom stereocenters. The van der Waals surface area contributed by atoms with Crippen LogP contribution in [0.15, 0.2) is 24.3 Å². The molecule has 2 aliphatic heterocycles. The van der Waals surface area contributed by atoms with Crippen molar-refractivity contribution in [3.8, 4) is 5.75 Å². The van der Waals surface area contributed by atoms with Gasteiger partial charge in [-0.3, -0.25) is 0 Å². The van der Waals surface area contributed by atoms with Crippen LogP contribution < -0.4 is 10.1 Å². The number of carbonyl (C=O) groups excluding carboxylic acids is 1. The van der Waals surface area contributed by atoms with E-state index in [0.717, 1.165) is 5.75 Å². The van der Waals surface area contributed by atoms with Crippen LogP contribution in [-0.2, 0) is 4.74 Å². The number of hydrogen-bond acceptors (Lipinski definition) is 5. The number of nitrogens with zero attached hydrogens (tertiary/aromatic N) is 1. The van der Waals surface area contributed by atoms with Crippen LogP contribution in [0.4, 0.5) is 10.5 Å². The summed E-state index contributed by atoms with van der Waals surface area (Å²) >= 11 is 0. The predicted octanol–water partition coefficient (Wildman–Crippen LogP) is 1.59. The number of ether oxygens (including phenoxy) is 2. The lowest BCUT2D eigenvalue weighted by Crippen LogP contribution is -2.59. The standard InChI is InChI=1S/C18H26N2O5/c1-17(23)12-18(25-11-15(17)21)7-9-20(10-8-18)16(22)19-13-3-5-14(24-2)6-4-13/h3-6,15,21,23H,7-12H2,1-2H3,(H,19,22)/t15?,17-/m0/s1. The summed E-state index contributed by atoms with van der Waals surface area (Å²) < 4.78 is 10.9. The second kappa shape index (κ2) is 6.82. The summed E-state index contributed by atoms with van der Waals surface area (Å²) in [7, 11) is 1.60. The number of likely N-dealkylation sites (tertiary alicyclic amines) is 1. The Labute approximate surface area is 147 Å². The Morgan fingerprint density at radius 2 is 1.96 bits per heavy atom. The van der Waals surface area contributed by atoms with Gasteiger partial charge in [-0.15, -0.1) is 0 Å². The van der Waals surface area contributed by atoms with E-state index in [0.29, 0.717) is 38.0 Å². The smallest absolute Gasteiger partial charge is 0.321 e. The average molecular weight is 350 g/mol. The van der Waals surface area contributed by atoms with Gasteiger partial charge >= 0.3 is 6.03 Å². The lowest BCUT2D eigenvalue weighted by Gasteiger charge is -2.49. The van der Waals surface area contributed by atoms with Crippen molar-refractivity contribution in [2.24, 2.45) is 0 Å². The Hall–Kier alpha value is -1.83. The number of hydrogen-bond donors (Lipinski definition) is 3. The highest BCUT2D eigenvalue weighted by Gasteiger charge is 2.48. The fraction of sp³-hybridized carbons (Fsp3) is 0.611. The number of urea groups is 1. The van der Waals surface area contributed by atoms with E-state index in [9.17, 15) is 15.0 Å². The molecule has 2 aliphatic rings. The van der Waals surface area contributed by atoms with E-state index in [2.05, 4.69) is 5.32 Å².